The SMILES string of the molecule is [C-]#[N+]c1cccc2c1c1ccc3cc[n+](C)c4c5c(C)c6ccccc6c(C)c5n2c1c34. The van der Waals surface area contributed by atoms with E-state index in [1.807, 2.05) is 12.1 Å². The number of aromatic nitrogens is 2. The highest BCUT2D eigenvalue weighted by Crippen LogP contribution is 2.45. The van der Waals surface area contributed by atoms with Gasteiger partial charge in [-0.15, -0.1) is 0 Å². The fourth-order valence-corrected chi connectivity index (χ4v) is 5.94. The van der Waals surface area contributed by atoms with E-state index in [0.717, 1.165) is 16.3 Å². The number of hydrogen-bond acceptors (Lipinski definition) is 0. The molecule has 3 heteroatoms. The van der Waals surface area contributed by atoms with Gasteiger partial charge in [0.25, 0.3) is 0 Å². The molecule has 0 saturated carbocycles. The second-order valence-corrected chi connectivity index (χ2v) is 8.84. The van der Waals surface area contributed by atoms with Crippen LogP contribution < -0.4 is 4.57 Å². The van der Waals surface area contributed by atoms with Crippen molar-refractivity contribution in [1.82, 2.24) is 4.40 Å². The third-order valence-electron chi connectivity index (χ3n) is 7.31. The Morgan fingerprint density at radius 1 is 0.750 bits per heavy atom. The standard InChI is InChI=1S/C29H20N3/c1-16-19-8-5-6-9-20(19)17(2)27-24(16)29-25-18(14-15-31(29)4)12-13-21-26-22(30-3)10-7-11-23(26)32(27)28(21)25/h5-15H,1-2,4H3/q+1. The maximum Gasteiger partial charge on any atom is 0.224 e. The van der Waals surface area contributed by atoms with Gasteiger partial charge < -0.3 is 4.40 Å². The molecule has 3 aromatic heterocycles. The maximum absolute atomic E-state index is 7.82. The number of rotatable bonds is 0. The van der Waals surface area contributed by atoms with Crippen LogP contribution in [0, 0.1) is 20.4 Å². The van der Waals surface area contributed by atoms with Gasteiger partial charge >= 0.3 is 0 Å². The summed E-state index contributed by atoms with van der Waals surface area (Å²) in [5.74, 6) is 0. The van der Waals surface area contributed by atoms with Crippen molar-refractivity contribution in [2.24, 2.45) is 7.05 Å². The van der Waals surface area contributed by atoms with Gasteiger partial charge in [0.15, 0.2) is 11.9 Å². The van der Waals surface area contributed by atoms with Gasteiger partial charge in [-0.25, -0.2) is 9.41 Å². The summed E-state index contributed by atoms with van der Waals surface area (Å²) in [4.78, 5) is 3.89. The number of nitrogens with zero attached hydrogens (tertiary/aromatic N) is 3. The summed E-state index contributed by atoms with van der Waals surface area (Å²) in [6, 6.07) is 21.4. The van der Waals surface area contributed by atoms with E-state index in [2.05, 4.69) is 89.4 Å². The summed E-state index contributed by atoms with van der Waals surface area (Å²) in [5, 5.41) is 8.58. The van der Waals surface area contributed by atoms with Crippen LogP contribution in [0.5, 0.6) is 0 Å². The largest absolute Gasteiger partial charge is 0.309 e. The minimum absolute atomic E-state index is 0.714. The number of fused-ring (bicyclic) bond motifs is 7. The molecular weight excluding hydrogens is 390 g/mol. The predicted octanol–water partition coefficient (Wildman–Crippen LogP) is 7.14. The van der Waals surface area contributed by atoms with E-state index in [4.69, 9.17) is 6.57 Å². The molecule has 0 aliphatic heterocycles. The van der Waals surface area contributed by atoms with E-state index < -0.39 is 0 Å². The molecular formula is C29H20N3+. The van der Waals surface area contributed by atoms with Crippen molar-refractivity contribution in [3.05, 3.63) is 89.4 Å². The topological polar surface area (TPSA) is 12.7 Å². The van der Waals surface area contributed by atoms with E-state index >= 15 is 0 Å². The number of pyridine rings is 2. The van der Waals surface area contributed by atoms with Crippen LogP contribution in [0.1, 0.15) is 11.1 Å². The Hall–Kier alpha value is -4.16. The molecule has 0 aliphatic rings. The zero-order valence-corrected chi connectivity index (χ0v) is 18.2. The Morgan fingerprint density at radius 2 is 1.53 bits per heavy atom. The molecule has 4 aromatic carbocycles. The molecule has 7 aromatic rings. The molecule has 0 atom stereocenters. The molecule has 0 spiro atoms. The van der Waals surface area contributed by atoms with Crippen LogP contribution in [0.3, 0.4) is 0 Å². The number of hydrogen-bond donors (Lipinski definition) is 0. The van der Waals surface area contributed by atoms with E-state index in [9.17, 15) is 0 Å². The van der Waals surface area contributed by atoms with E-state index in [1.54, 1.807) is 0 Å². The molecule has 7 rings (SSSR count). The summed E-state index contributed by atoms with van der Waals surface area (Å²) in [7, 11) is 2.14. The van der Waals surface area contributed by atoms with Gasteiger partial charge in [-0.3, -0.25) is 0 Å². The zero-order valence-electron chi connectivity index (χ0n) is 18.2. The average molecular weight is 411 g/mol. The van der Waals surface area contributed by atoms with Gasteiger partial charge in [-0.2, -0.15) is 0 Å². The van der Waals surface area contributed by atoms with Crippen molar-refractivity contribution < 1.29 is 4.57 Å². The lowest BCUT2D eigenvalue weighted by Gasteiger charge is -2.17. The Morgan fingerprint density at radius 3 is 2.31 bits per heavy atom. The normalized spacial score (nSPS) is 12.2. The maximum atomic E-state index is 7.82. The van der Waals surface area contributed by atoms with E-state index in [0.29, 0.717) is 5.69 Å². The molecule has 0 aliphatic carbocycles. The highest BCUT2D eigenvalue weighted by Gasteiger charge is 2.26. The molecule has 0 N–H and O–H groups in total. The molecule has 0 radical (unpaired) electrons. The van der Waals surface area contributed by atoms with E-state index in [1.165, 1.54) is 54.6 Å². The second-order valence-electron chi connectivity index (χ2n) is 8.84. The first-order valence-electron chi connectivity index (χ1n) is 10.9. The second kappa shape index (κ2) is 5.75. The lowest BCUT2D eigenvalue weighted by molar-refractivity contribution is -0.643. The monoisotopic (exact) mass is 410 g/mol. The summed E-state index contributed by atoms with van der Waals surface area (Å²) in [6.07, 6.45) is 2.17. The number of aryl methyl sites for hydroxylation is 3. The Bertz CT molecular complexity index is 1970. The van der Waals surface area contributed by atoms with Crippen molar-refractivity contribution in [2.75, 3.05) is 0 Å². The fourth-order valence-electron chi connectivity index (χ4n) is 5.94. The summed E-state index contributed by atoms with van der Waals surface area (Å²) in [6.45, 7) is 12.3. The average Bonchev–Trinajstić information content (AvgIpc) is 3.17. The van der Waals surface area contributed by atoms with Crippen molar-refractivity contribution >= 4 is 65.5 Å². The van der Waals surface area contributed by atoms with Crippen LogP contribution in [0.25, 0.3) is 64.6 Å². The Labute approximate surface area is 184 Å². The summed E-state index contributed by atoms with van der Waals surface area (Å²) < 4.78 is 4.69. The lowest BCUT2D eigenvalue weighted by Crippen LogP contribution is -2.29. The number of benzene rings is 4. The molecule has 0 saturated heterocycles. The van der Waals surface area contributed by atoms with Crippen LogP contribution >= 0.6 is 0 Å². The quantitative estimate of drug-likeness (QED) is 0.109. The van der Waals surface area contributed by atoms with Gasteiger partial charge in [0, 0.05) is 17.0 Å². The molecule has 0 amide bonds. The van der Waals surface area contributed by atoms with Crippen LogP contribution in [0.4, 0.5) is 5.69 Å². The first-order chi connectivity index (χ1) is 15.6. The van der Waals surface area contributed by atoms with Crippen molar-refractivity contribution in [3.63, 3.8) is 0 Å². The Balaban J connectivity index is 2.01. The molecule has 0 bridgehead atoms. The van der Waals surface area contributed by atoms with Gasteiger partial charge in [0.2, 0.25) is 5.52 Å². The van der Waals surface area contributed by atoms with Gasteiger partial charge in [-0.05, 0) is 52.6 Å². The lowest BCUT2D eigenvalue weighted by atomic mass is 9.93. The van der Waals surface area contributed by atoms with E-state index in [-0.39, 0.29) is 0 Å². The van der Waals surface area contributed by atoms with Crippen LogP contribution in [0.15, 0.2) is 66.9 Å². The molecule has 32 heavy (non-hydrogen) atoms. The first kappa shape index (κ1) is 17.5. The minimum atomic E-state index is 0.714. The first-order valence-corrected chi connectivity index (χ1v) is 10.9. The highest BCUT2D eigenvalue weighted by atomic mass is 15.0. The Kier molecular flexibility index (Phi) is 3.15. The van der Waals surface area contributed by atoms with Crippen molar-refractivity contribution in [2.45, 2.75) is 13.8 Å². The van der Waals surface area contributed by atoms with Gasteiger partial charge in [-0.1, -0.05) is 48.5 Å². The molecule has 0 fully saturated rings. The third-order valence-corrected chi connectivity index (χ3v) is 7.31. The zero-order chi connectivity index (χ0) is 21.7. The molecule has 150 valence electrons. The van der Waals surface area contributed by atoms with Crippen LogP contribution in [-0.2, 0) is 7.05 Å². The van der Waals surface area contributed by atoms with Crippen molar-refractivity contribution in [1.29, 1.82) is 0 Å². The van der Waals surface area contributed by atoms with Gasteiger partial charge in [0.05, 0.1) is 28.4 Å². The minimum Gasteiger partial charge on any atom is -0.309 e. The van der Waals surface area contributed by atoms with Crippen molar-refractivity contribution in [3.8, 4) is 0 Å². The highest BCUT2D eigenvalue weighted by molar-refractivity contribution is 6.30. The molecule has 3 heterocycles. The smallest absolute Gasteiger partial charge is 0.224 e. The fraction of sp³-hybridized carbons (Fsp3) is 0.103. The molecule has 3 nitrogen and oxygen atoms in total. The van der Waals surface area contributed by atoms with Crippen LogP contribution in [-0.4, -0.2) is 4.40 Å². The summed E-state index contributed by atoms with van der Waals surface area (Å²) in [5.41, 5.74) is 8.11. The van der Waals surface area contributed by atoms with Gasteiger partial charge in [0.1, 0.15) is 7.05 Å². The van der Waals surface area contributed by atoms with Crippen LogP contribution in [0.2, 0.25) is 0 Å². The molecule has 0 unspecified atom stereocenters. The summed E-state index contributed by atoms with van der Waals surface area (Å²) >= 11 is 0. The predicted molar refractivity (Wildman–Crippen MR) is 133 cm³/mol. The third kappa shape index (κ3) is 1.85.